The van der Waals surface area contributed by atoms with Crippen molar-refractivity contribution >= 4 is 34.1 Å². The van der Waals surface area contributed by atoms with Crippen LogP contribution < -0.4 is 24.8 Å². The lowest BCUT2D eigenvalue weighted by molar-refractivity contribution is -0.122. The highest BCUT2D eigenvalue weighted by atomic mass is 19.1. The number of fused-ring (bicyclic) bond motifs is 1. The van der Waals surface area contributed by atoms with E-state index in [0.29, 0.717) is 47.1 Å². The molecule has 4 aromatic rings. The van der Waals surface area contributed by atoms with Crippen LogP contribution >= 0.6 is 0 Å². The summed E-state index contributed by atoms with van der Waals surface area (Å²) in [4.78, 5) is 30.3. The van der Waals surface area contributed by atoms with Gasteiger partial charge in [-0.15, -0.1) is 0 Å². The smallest absolute Gasteiger partial charge is 0.228 e. The van der Waals surface area contributed by atoms with E-state index in [4.69, 9.17) is 18.9 Å². The van der Waals surface area contributed by atoms with Gasteiger partial charge in [-0.05, 0) is 53.9 Å². The molecule has 2 fully saturated rings. The Balaban J connectivity index is 0.00000240. The molecule has 0 unspecified atom stereocenters. The Morgan fingerprint density at radius 2 is 1.61 bits per heavy atom. The summed E-state index contributed by atoms with van der Waals surface area (Å²) in [6.07, 6.45) is 2.50. The van der Waals surface area contributed by atoms with Gasteiger partial charge in [0.05, 0.1) is 30.6 Å². The molecule has 2 heterocycles. The SMILES string of the molecule is COc1cc2nccc(Oc3ccc(NC(=O)[C@H]4[C@@H](C(=O)Nc5ccc(F)cc5)C4(C)C)cc3F)c2cc1OC[C@@H]1CCO1.[HH].[HH]. The number of anilines is 2. The average molecular weight is 608 g/mol. The first kappa shape index (κ1) is 29.3. The minimum Gasteiger partial charge on any atom is -0.493 e. The molecule has 6 rings (SSSR count). The highest BCUT2D eigenvalue weighted by Crippen LogP contribution is 2.59. The molecular weight excluding hydrogens is 572 g/mol. The van der Waals surface area contributed by atoms with Crippen LogP contribution in [0.4, 0.5) is 20.2 Å². The molecule has 0 radical (unpaired) electrons. The number of carbonyl (C=O) groups excluding carboxylic acids is 2. The average Bonchev–Trinajstić information content (AvgIpc) is 3.56. The number of rotatable bonds is 10. The second-order valence-corrected chi connectivity index (χ2v) is 11.4. The lowest BCUT2D eigenvalue weighted by atomic mass is 10.1. The summed E-state index contributed by atoms with van der Waals surface area (Å²) in [6.45, 7) is 4.72. The first-order chi connectivity index (χ1) is 21.1. The van der Waals surface area contributed by atoms with E-state index in [2.05, 4.69) is 15.6 Å². The maximum absolute atomic E-state index is 15.2. The van der Waals surface area contributed by atoms with E-state index in [1.165, 1.54) is 43.5 Å². The fourth-order valence-corrected chi connectivity index (χ4v) is 5.46. The number of pyridine rings is 1. The third-order valence-electron chi connectivity index (χ3n) is 8.13. The van der Waals surface area contributed by atoms with Gasteiger partial charge in [0.2, 0.25) is 11.8 Å². The van der Waals surface area contributed by atoms with Crippen molar-refractivity contribution in [3.8, 4) is 23.0 Å². The lowest BCUT2D eigenvalue weighted by Crippen LogP contribution is -2.32. The van der Waals surface area contributed by atoms with E-state index in [9.17, 15) is 14.0 Å². The van der Waals surface area contributed by atoms with Gasteiger partial charge in [0, 0.05) is 51.0 Å². The zero-order valence-electron chi connectivity index (χ0n) is 24.4. The van der Waals surface area contributed by atoms with Gasteiger partial charge < -0.3 is 29.6 Å². The van der Waals surface area contributed by atoms with Crippen molar-refractivity contribution < 1.29 is 40.2 Å². The molecular formula is C33H35F2N3O6. The summed E-state index contributed by atoms with van der Waals surface area (Å²) in [7, 11) is 1.54. The molecule has 2 N–H and O–H groups in total. The summed E-state index contributed by atoms with van der Waals surface area (Å²) in [5.41, 5.74) is 0.609. The van der Waals surface area contributed by atoms with Crippen LogP contribution in [0.1, 0.15) is 23.1 Å². The minimum absolute atomic E-state index is 0. The van der Waals surface area contributed by atoms with Gasteiger partial charge in [0.15, 0.2) is 23.1 Å². The Morgan fingerprint density at radius 1 is 0.932 bits per heavy atom. The molecule has 11 heteroatoms. The number of halogens is 2. The van der Waals surface area contributed by atoms with Crippen molar-refractivity contribution in [2.75, 3.05) is 31.0 Å². The Morgan fingerprint density at radius 3 is 2.25 bits per heavy atom. The van der Waals surface area contributed by atoms with E-state index in [-0.39, 0.29) is 26.3 Å². The van der Waals surface area contributed by atoms with Crippen LogP contribution in [0.15, 0.2) is 66.9 Å². The van der Waals surface area contributed by atoms with Crippen LogP contribution in [-0.2, 0) is 14.3 Å². The summed E-state index contributed by atoms with van der Waals surface area (Å²) < 4.78 is 51.2. The van der Waals surface area contributed by atoms with E-state index in [1.807, 2.05) is 13.8 Å². The molecule has 0 bridgehead atoms. The van der Waals surface area contributed by atoms with Gasteiger partial charge in [0.25, 0.3) is 0 Å². The maximum atomic E-state index is 15.2. The zero-order valence-corrected chi connectivity index (χ0v) is 24.4. The summed E-state index contributed by atoms with van der Waals surface area (Å²) >= 11 is 0. The van der Waals surface area contributed by atoms with Gasteiger partial charge in [0.1, 0.15) is 18.2 Å². The predicted octanol–water partition coefficient (Wildman–Crippen LogP) is 6.82. The molecule has 0 spiro atoms. The zero-order chi connectivity index (χ0) is 31.0. The van der Waals surface area contributed by atoms with Crippen molar-refractivity contribution in [1.82, 2.24) is 4.98 Å². The number of methoxy groups -OCH3 is 1. The van der Waals surface area contributed by atoms with Crippen molar-refractivity contribution in [3.63, 3.8) is 0 Å². The molecule has 1 aliphatic carbocycles. The number of nitrogens with one attached hydrogen (secondary N) is 2. The van der Waals surface area contributed by atoms with Crippen LogP contribution in [0.3, 0.4) is 0 Å². The number of aromatic nitrogens is 1. The Hall–Kier alpha value is -4.77. The van der Waals surface area contributed by atoms with Gasteiger partial charge in [-0.25, -0.2) is 8.78 Å². The fraction of sp³-hybridized carbons (Fsp3) is 0.303. The number of hydrogen-bond acceptors (Lipinski definition) is 7. The monoisotopic (exact) mass is 607 g/mol. The summed E-state index contributed by atoms with van der Waals surface area (Å²) in [5, 5.41) is 6.04. The lowest BCUT2D eigenvalue weighted by Gasteiger charge is -2.26. The van der Waals surface area contributed by atoms with Gasteiger partial charge >= 0.3 is 0 Å². The number of amides is 2. The fourth-order valence-electron chi connectivity index (χ4n) is 5.46. The first-order valence-corrected chi connectivity index (χ1v) is 14.2. The van der Waals surface area contributed by atoms with Crippen molar-refractivity contribution in [1.29, 1.82) is 0 Å². The van der Waals surface area contributed by atoms with E-state index in [1.54, 1.807) is 24.4 Å². The summed E-state index contributed by atoms with van der Waals surface area (Å²) in [5.74, 6) is -1.81. The third-order valence-corrected chi connectivity index (χ3v) is 8.13. The normalized spacial score (nSPS) is 19.9. The summed E-state index contributed by atoms with van der Waals surface area (Å²) in [6, 6.07) is 14.6. The van der Waals surface area contributed by atoms with Crippen LogP contribution in [0.2, 0.25) is 0 Å². The minimum atomic E-state index is -0.694. The van der Waals surface area contributed by atoms with E-state index >= 15 is 4.39 Å². The van der Waals surface area contributed by atoms with Gasteiger partial charge in [-0.3, -0.25) is 14.6 Å². The highest BCUT2D eigenvalue weighted by molar-refractivity contribution is 6.04. The van der Waals surface area contributed by atoms with E-state index < -0.39 is 34.8 Å². The molecule has 2 aliphatic rings. The Labute approximate surface area is 255 Å². The molecule has 1 saturated heterocycles. The van der Waals surface area contributed by atoms with Crippen molar-refractivity contribution in [2.45, 2.75) is 26.4 Å². The third kappa shape index (κ3) is 5.87. The van der Waals surface area contributed by atoms with Crippen LogP contribution in [0, 0.1) is 28.9 Å². The number of benzene rings is 3. The Kier molecular flexibility index (Phi) is 7.81. The number of carbonyl (C=O) groups is 2. The standard InChI is InChI=1S/C33H31F2N3O6.2H2/c1-33(2)29(31(39)37-19-6-4-18(34)5-7-19)30(33)32(40)38-20-8-9-26(23(35)14-20)44-25-10-12-36-24-16-27(41-3)28(15-22(24)25)43-17-21-11-13-42-21;;/h4-10,12,14-16,21,29-30H,11,13,17H2,1-3H3,(H,37,39)(H,38,40);2*1H/t21-,29-,30+;;/m0../s1. The number of ether oxygens (including phenoxy) is 4. The van der Waals surface area contributed by atoms with Gasteiger partial charge in [-0.1, -0.05) is 13.8 Å². The largest absolute Gasteiger partial charge is 0.493 e. The molecule has 2 amide bonds. The molecule has 232 valence electrons. The predicted molar refractivity (Wildman–Crippen MR) is 163 cm³/mol. The Bertz CT molecular complexity index is 1740. The van der Waals surface area contributed by atoms with Crippen LogP contribution in [-0.4, -0.2) is 43.2 Å². The van der Waals surface area contributed by atoms with Crippen molar-refractivity contribution in [2.24, 2.45) is 17.3 Å². The first-order valence-electron chi connectivity index (χ1n) is 14.2. The van der Waals surface area contributed by atoms with Crippen molar-refractivity contribution in [3.05, 3.63) is 78.5 Å². The van der Waals surface area contributed by atoms with Crippen LogP contribution in [0.25, 0.3) is 10.9 Å². The topological polar surface area (TPSA) is 108 Å². The van der Waals surface area contributed by atoms with Crippen LogP contribution in [0.5, 0.6) is 23.0 Å². The highest BCUT2D eigenvalue weighted by Gasteiger charge is 2.65. The van der Waals surface area contributed by atoms with Gasteiger partial charge in [-0.2, -0.15) is 0 Å². The molecule has 44 heavy (non-hydrogen) atoms. The molecule has 1 aromatic heterocycles. The van der Waals surface area contributed by atoms with E-state index in [0.717, 1.165) is 12.5 Å². The molecule has 1 saturated carbocycles. The molecule has 3 atom stereocenters. The quantitative estimate of drug-likeness (QED) is 0.204. The molecule has 3 aromatic carbocycles. The second-order valence-electron chi connectivity index (χ2n) is 11.4. The number of nitrogens with zero attached hydrogens (tertiary/aromatic N) is 1. The molecule has 9 nitrogen and oxygen atoms in total. The maximum Gasteiger partial charge on any atom is 0.228 e. The number of hydrogen-bond donors (Lipinski definition) is 2. The molecule has 1 aliphatic heterocycles. The second kappa shape index (κ2) is 11.7.